The summed E-state index contributed by atoms with van der Waals surface area (Å²) in [6.07, 6.45) is 4.82. The normalized spacial score (nSPS) is 14.5. The molecule has 0 bridgehead atoms. The maximum absolute atomic E-state index is 4.21. The van der Waals surface area contributed by atoms with E-state index < -0.39 is 0 Å². The molecule has 0 aliphatic heterocycles. The summed E-state index contributed by atoms with van der Waals surface area (Å²) in [5.41, 5.74) is 2.34. The Labute approximate surface area is 130 Å². The minimum Gasteiger partial charge on any atom is -0.311 e. The summed E-state index contributed by atoms with van der Waals surface area (Å²) in [6.45, 7) is 4.97. The Morgan fingerprint density at radius 2 is 2.10 bits per heavy atom. The van der Waals surface area contributed by atoms with E-state index in [1.807, 2.05) is 16.4 Å². The Hall–Kier alpha value is -1.33. The van der Waals surface area contributed by atoms with Gasteiger partial charge in [-0.3, -0.25) is 4.68 Å². The van der Waals surface area contributed by atoms with Crippen LogP contribution in [0.1, 0.15) is 24.1 Å². The van der Waals surface area contributed by atoms with Gasteiger partial charge >= 0.3 is 0 Å². The molecule has 4 nitrogen and oxygen atoms in total. The van der Waals surface area contributed by atoms with Crippen LogP contribution >= 0.6 is 11.8 Å². The molecule has 3 rings (SSSR count). The molecule has 1 aromatic carbocycles. The number of aromatic nitrogens is 3. The molecular formula is C16H22N4S. The molecule has 1 heterocycles. The van der Waals surface area contributed by atoms with Crippen LogP contribution in [0.15, 0.2) is 35.4 Å². The van der Waals surface area contributed by atoms with Crippen LogP contribution in [0.5, 0.6) is 0 Å². The van der Waals surface area contributed by atoms with Gasteiger partial charge in [-0.25, -0.2) is 0 Å². The number of aryl methyl sites for hydroxylation is 2. The Bertz CT molecular complexity index is 560. The highest BCUT2D eigenvalue weighted by atomic mass is 32.2. The molecule has 5 heteroatoms. The third-order valence-electron chi connectivity index (χ3n) is 3.63. The lowest BCUT2D eigenvalue weighted by molar-refractivity contribution is 0.623. The van der Waals surface area contributed by atoms with E-state index in [1.165, 1.54) is 23.3 Å². The molecule has 0 amide bonds. The third kappa shape index (κ3) is 4.86. The van der Waals surface area contributed by atoms with Crippen molar-refractivity contribution in [1.82, 2.24) is 20.3 Å². The first kappa shape index (κ1) is 14.6. The Morgan fingerprint density at radius 1 is 1.29 bits per heavy atom. The van der Waals surface area contributed by atoms with Gasteiger partial charge in [-0.05, 0) is 44.4 Å². The van der Waals surface area contributed by atoms with Crippen LogP contribution in [0.4, 0.5) is 0 Å². The first-order valence-corrected chi connectivity index (χ1v) is 8.57. The average molecular weight is 302 g/mol. The molecule has 2 aromatic rings. The Kier molecular flexibility index (Phi) is 4.93. The lowest BCUT2D eigenvalue weighted by atomic mass is 10.2. The molecule has 1 saturated carbocycles. The Morgan fingerprint density at radius 3 is 2.86 bits per heavy atom. The molecule has 1 N–H and O–H groups in total. The zero-order chi connectivity index (χ0) is 14.5. The van der Waals surface area contributed by atoms with Crippen LogP contribution in [0.2, 0.25) is 0 Å². The standard InChI is InChI=1S/C16H22N4S/c1-13-2-6-16(7-3-13)21-9-8-20-12-15(18-19-20)11-17-10-14-4-5-14/h2-3,6-7,12,14,17H,4-5,8-11H2,1H3. The molecule has 1 aliphatic carbocycles. The molecule has 0 spiro atoms. The van der Waals surface area contributed by atoms with Crippen molar-refractivity contribution in [3.8, 4) is 0 Å². The first-order valence-electron chi connectivity index (χ1n) is 7.59. The van der Waals surface area contributed by atoms with Gasteiger partial charge < -0.3 is 5.32 Å². The molecule has 0 atom stereocenters. The van der Waals surface area contributed by atoms with Gasteiger partial charge in [0.2, 0.25) is 0 Å². The van der Waals surface area contributed by atoms with Gasteiger partial charge in [0.05, 0.1) is 12.2 Å². The molecule has 1 fully saturated rings. The van der Waals surface area contributed by atoms with Crippen molar-refractivity contribution in [3.05, 3.63) is 41.7 Å². The second kappa shape index (κ2) is 7.09. The van der Waals surface area contributed by atoms with Gasteiger partial charge in [0.1, 0.15) is 0 Å². The van der Waals surface area contributed by atoms with Crippen molar-refractivity contribution >= 4 is 11.8 Å². The molecule has 0 unspecified atom stereocenters. The van der Waals surface area contributed by atoms with Crippen LogP contribution in [-0.2, 0) is 13.1 Å². The lowest BCUT2D eigenvalue weighted by Gasteiger charge is -2.02. The summed E-state index contributed by atoms with van der Waals surface area (Å²) in [5, 5.41) is 11.8. The number of nitrogens with one attached hydrogen (secondary N) is 1. The minimum absolute atomic E-state index is 0.835. The molecule has 0 saturated heterocycles. The predicted octanol–water partition coefficient (Wildman–Crippen LogP) is 2.88. The summed E-state index contributed by atoms with van der Waals surface area (Å²) in [5.74, 6) is 1.92. The van der Waals surface area contributed by atoms with E-state index >= 15 is 0 Å². The first-order chi connectivity index (χ1) is 10.3. The van der Waals surface area contributed by atoms with Gasteiger partial charge in [0, 0.05) is 23.4 Å². The quantitative estimate of drug-likeness (QED) is 0.762. The van der Waals surface area contributed by atoms with Crippen molar-refractivity contribution < 1.29 is 0 Å². The Balaban J connectivity index is 1.38. The largest absolute Gasteiger partial charge is 0.311 e. The number of rotatable bonds is 8. The van der Waals surface area contributed by atoms with E-state index in [1.54, 1.807) is 0 Å². The number of nitrogens with zero attached hydrogens (tertiary/aromatic N) is 3. The third-order valence-corrected chi connectivity index (χ3v) is 4.62. The van der Waals surface area contributed by atoms with Crippen LogP contribution in [-0.4, -0.2) is 27.3 Å². The summed E-state index contributed by atoms with van der Waals surface area (Å²) >= 11 is 1.86. The van der Waals surface area contributed by atoms with E-state index in [9.17, 15) is 0 Å². The van der Waals surface area contributed by atoms with Crippen LogP contribution in [0, 0.1) is 12.8 Å². The highest BCUT2D eigenvalue weighted by molar-refractivity contribution is 7.99. The number of hydrogen-bond donors (Lipinski definition) is 1. The van der Waals surface area contributed by atoms with Crippen molar-refractivity contribution in [1.29, 1.82) is 0 Å². The fourth-order valence-electron chi connectivity index (χ4n) is 2.15. The predicted molar refractivity (Wildman–Crippen MR) is 86.4 cm³/mol. The molecule has 0 radical (unpaired) electrons. The second-order valence-corrected chi connectivity index (χ2v) is 6.88. The van der Waals surface area contributed by atoms with Crippen LogP contribution < -0.4 is 5.32 Å². The van der Waals surface area contributed by atoms with E-state index in [2.05, 4.69) is 53.0 Å². The molecule has 1 aliphatic rings. The maximum Gasteiger partial charge on any atom is 0.0964 e. The zero-order valence-corrected chi connectivity index (χ0v) is 13.3. The number of benzene rings is 1. The van der Waals surface area contributed by atoms with Crippen molar-refractivity contribution in [2.24, 2.45) is 5.92 Å². The number of hydrogen-bond acceptors (Lipinski definition) is 4. The molecular weight excluding hydrogens is 280 g/mol. The van der Waals surface area contributed by atoms with Crippen molar-refractivity contribution in [2.75, 3.05) is 12.3 Å². The maximum atomic E-state index is 4.21. The summed E-state index contributed by atoms with van der Waals surface area (Å²) in [6, 6.07) is 8.66. The summed E-state index contributed by atoms with van der Waals surface area (Å²) < 4.78 is 1.94. The highest BCUT2D eigenvalue weighted by Crippen LogP contribution is 2.27. The lowest BCUT2D eigenvalue weighted by Crippen LogP contribution is -2.16. The average Bonchev–Trinajstić information content (AvgIpc) is 3.20. The van der Waals surface area contributed by atoms with Crippen LogP contribution in [0.25, 0.3) is 0 Å². The van der Waals surface area contributed by atoms with Gasteiger partial charge in [-0.15, -0.1) is 16.9 Å². The SMILES string of the molecule is Cc1ccc(SCCn2cc(CNCC3CC3)nn2)cc1. The molecule has 21 heavy (non-hydrogen) atoms. The van der Waals surface area contributed by atoms with Gasteiger partial charge in [-0.2, -0.15) is 0 Å². The van der Waals surface area contributed by atoms with Gasteiger partial charge in [0.15, 0.2) is 0 Å². The summed E-state index contributed by atoms with van der Waals surface area (Å²) in [7, 11) is 0. The van der Waals surface area contributed by atoms with E-state index in [0.717, 1.165) is 37.0 Å². The van der Waals surface area contributed by atoms with Crippen molar-refractivity contribution in [2.45, 2.75) is 37.8 Å². The van der Waals surface area contributed by atoms with E-state index in [4.69, 9.17) is 0 Å². The molecule has 112 valence electrons. The highest BCUT2D eigenvalue weighted by Gasteiger charge is 2.20. The van der Waals surface area contributed by atoms with Crippen LogP contribution in [0.3, 0.4) is 0 Å². The monoisotopic (exact) mass is 302 g/mol. The fourth-order valence-corrected chi connectivity index (χ4v) is 2.99. The van der Waals surface area contributed by atoms with E-state index in [0.29, 0.717) is 0 Å². The topological polar surface area (TPSA) is 42.7 Å². The molecule has 1 aromatic heterocycles. The van der Waals surface area contributed by atoms with E-state index in [-0.39, 0.29) is 0 Å². The zero-order valence-electron chi connectivity index (χ0n) is 12.5. The fraction of sp³-hybridized carbons (Fsp3) is 0.500. The number of thioether (sulfide) groups is 1. The summed E-state index contributed by atoms with van der Waals surface area (Å²) in [4.78, 5) is 1.31. The minimum atomic E-state index is 0.835. The van der Waals surface area contributed by atoms with Gasteiger partial charge in [-0.1, -0.05) is 22.9 Å². The smallest absolute Gasteiger partial charge is 0.0964 e. The van der Waals surface area contributed by atoms with Gasteiger partial charge in [0.25, 0.3) is 0 Å². The second-order valence-electron chi connectivity index (χ2n) is 5.71. The van der Waals surface area contributed by atoms with Crippen molar-refractivity contribution in [3.63, 3.8) is 0 Å².